The van der Waals surface area contributed by atoms with Crippen molar-refractivity contribution < 1.29 is 9.53 Å². The van der Waals surface area contributed by atoms with E-state index in [1.165, 1.54) is 0 Å². The number of ether oxygens (including phenoxy) is 1. The molecule has 0 aliphatic heterocycles. The Bertz CT molecular complexity index is 362. The molecule has 1 aromatic rings. The minimum atomic E-state index is -0.0795. The number of aryl methyl sites for hydroxylation is 1. The van der Waals surface area contributed by atoms with Gasteiger partial charge in [0.1, 0.15) is 0 Å². The summed E-state index contributed by atoms with van der Waals surface area (Å²) < 4.78 is 6.58. The second-order valence-corrected chi connectivity index (χ2v) is 3.77. The summed E-state index contributed by atoms with van der Waals surface area (Å²) in [4.78, 5) is 11.8. The Balaban J connectivity index is 2.24. The van der Waals surface area contributed by atoms with Gasteiger partial charge in [-0.2, -0.15) is 5.10 Å². The molecule has 6 nitrogen and oxygen atoms in total. The summed E-state index contributed by atoms with van der Waals surface area (Å²) in [5.41, 5.74) is 1.50. The fourth-order valence-corrected chi connectivity index (χ4v) is 1.38. The van der Waals surface area contributed by atoms with Crippen molar-refractivity contribution in [3.63, 3.8) is 0 Å². The number of carbonyl (C=O) groups excluding carboxylic acids is 1. The van der Waals surface area contributed by atoms with Gasteiger partial charge in [-0.3, -0.25) is 9.48 Å². The topological polar surface area (TPSA) is 68.2 Å². The van der Waals surface area contributed by atoms with Crippen LogP contribution in [0.1, 0.15) is 16.1 Å². The molecule has 1 rings (SSSR count). The van der Waals surface area contributed by atoms with Gasteiger partial charge in [0.15, 0.2) is 0 Å². The van der Waals surface area contributed by atoms with Gasteiger partial charge in [-0.05, 0) is 6.92 Å². The number of amides is 1. The molecule has 0 saturated heterocycles. The average molecular weight is 240 g/mol. The van der Waals surface area contributed by atoms with E-state index in [2.05, 4.69) is 15.7 Å². The van der Waals surface area contributed by atoms with Gasteiger partial charge < -0.3 is 15.4 Å². The van der Waals surface area contributed by atoms with Crippen LogP contribution in [0.4, 0.5) is 0 Å². The lowest BCUT2D eigenvalue weighted by Gasteiger charge is -2.06. The molecule has 0 saturated carbocycles. The van der Waals surface area contributed by atoms with Crippen LogP contribution in [0.15, 0.2) is 6.20 Å². The smallest absolute Gasteiger partial charge is 0.254 e. The van der Waals surface area contributed by atoms with Crippen molar-refractivity contribution in [1.82, 2.24) is 20.4 Å². The van der Waals surface area contributed by atoms with Crippen molar-refractivity contribution in [3.05, 3.63) is 17.5 Å². The lowest BCUT2D eigenvalue weighted by molar-refractivity contribution is 0.0953. The zero-order valence-corrected chi connectivity index (χ0v) is 10.6. The maximum absolute atomic E-state index is 11.8. The molecule has 1 aromatic heterocycles. The first kappa shape index (κ1) is 13.7. The summed E-state index contributed by atoms with van der Waals surface area (Å²) in [6, 6.07) is 0. The zero-order valence-electron chi connectivity index (χ0n) is 10.6. The molecule has 0 aliphatic rings. The summed E-state index contributed by atoms with van der Waals surface area (Å²) in [6.07, 6.45) is 1.59. The largest absolute Gasteiger partial charge is 0.383 e. The molecule has 17 heavy (non-hydrogen) atoms. The Morgan fingerprint density at radius 1 is 1.47 bits per heavy atom. The third kappa shape index (κ3) is 4.16. The van der Waals surface area contributed by atoms with Crippen LogP contribution in [0, 0.1) is 6.92 Å². The molecule has 0 radical (unpaired) electrons. The van der Waals surface area contributed by atoms with Gasteiger partial charge in [0.05, 0.1) is 18.4 Å². The summed E-state index contributed by atoms with van der Waals surface area (Å²) in [5.74, 6) is -0.0795. The fraction of sp³-hybridized carbons (Fsp3) is 0.636. The molecular weight excluding hydrogens is 220 g/mol. The van der Waals surface area contributed by atoms with E-state index in [9.17, 15) is 4.79 Å². The SMILES string of the molecule is COCCNCCNC(=O)c1cnn(C)c1C. The fourth-order valence-electron chi connectivity index (χ4n) is 1.38. The van der Waals surface area contributed by atoms with Crippen molar-refractivity contribution in [2.24, 2.45) is 7.05 Å². The molecule has 0 atom stereocenters. The maximum Gasteiger partial charge on any atom is 0.254 e. The maximum atomic E-state index is 11.8. The van der Waals surface area contributed by atoms with E-state index >= 15 is 0 Å². The van der Waals surface area contributed by atoms with Gasteiger partial charge >= 0.3 is 0 Å². The quantitative estimate of drug-likeness (QED) is 0.642. The highest BCUT2D eigenvalue weighted by Crippen LogP contribution is 2.04. The van der Waals surface area contributed by atoms with E-state index in [4.69, 9.17) is 4.74 Å². The molecule has 2 N–H and O–H groups in total. The summed E-state index contributed by atoms with van der Waals surface area (Å²) >= 11 is 0. The normalized spacial score (nSPS) is 10.5. The van der Waals surface area contributed by atoms with Gasteiger partial charge in [-0.15, -0.1) is 0 Å². The van der Waals surface area contributed by atoms with Crippen LogP contribution in [0.25, 0.3) is 0 Å². The van der Waals surface area contributed by atoms with E-state index in [0.717, 1.165) is 18.8 Å². The minimum absolute atomic E-state index is 0.0795. The molecule has 6 heteroatoms. The Morgan fingerprint density at radius 3 is 2.82 bits per heavy atom. The Kier molecular flexibility index (Phi) is 5.65. The molecule has 1 heterocycles. The van der Waals surface area contributed by atoms with Crippen LogP contribution in [-0.4, -0.2) is 49.0 Å². The highest BCUT2D eigenvalue weighted by atomic mass is 16.5. The zero-order chi connectivity index (χ0) is 12.7. The summed E-state index contributed by atoms with van der Waals surface area (Å²) in [7, 11) is 3.48. The van der Waals surface area contributed by atoms with E-state index in [1.54, 1.807) is 18.0 Å². The highest BCUT2D eigenvalue weighted by Gasteiger charge is 2.11. The number of rotatable bonds is 7. The number of nitrogens with zero attached hydrogens (tertiary/aromatic N) is 2. The highest BCUT2D eigenvalue weighted by molar-refractivity contribution is 5.94. The van der Waals surface area contributed by atoms with Crippen molar-refractivity contribution in [1.29, 1.82) is 0 Å². The first-order valence-electron chi connectivity index (χ1n) is 5.63. The third-order valence-corrected chi connectivity index (χ3v) is 2.55. The van der Waals surface area contributed by atoms with Crippen LogP contribution in [0.5, 0.6) is 0 Å². The molecule has 0 aliphatic carbocycles. The molecular formula is C11H20N4O2. The van der Waals surface area contributed by atoms with Crippen LogP contribution in [-0.2, 0) is 11.8 Å². The summed E-state index contributed by atoms with van der Waals surface area (Å²) in [5, 5.41) is 10.0. The number of hydrogen-bond acceptors (Lipinski definition) is 4. The number of methoxy groups -OCH3 is 1. The van der Waals surface area contributed by atoms with Gasteiger partial charge in [0, 0.05) is 39.5 Å². The van der Waals surface area contributed by atoms with Gasteiger partial charge in [0.2, 0.25) is 0 Å². The number of carbonyl (C=O) groups is 1. The van der Waals surface area contributed by atoms with Gasteiger partial charge in [-0.25, -0.2) is 0 Å². The number of hydrogen-bond donors (Lipinski definition) is 2. The lowest BCUT2D eigenvalue weighted by Crippen LogP contribution is -2.33. The molecule has 0 unspecified atom stereocenters. The van der Waals surface area contributed by atoms with Crippen molar-refractivity contribution >= 4 is 5.91 Å². The van der Waals surface area contributed by atoms with Gasteiger partial charge in [-0.1, -0.05) is 0 Å². The van der Waals surface area contributed by atoms with Crippen molar-refractivity contribution in [2.75, 3.05) is 33.4 Å². The Hall–Kier alpha value is -1.40. The van der Waals surface area contributed by atoms with E-state index in [0.29, 0.717) is 18.7 Å². The van der Waals surface area contributed by atoms with Crippen LogP contribution >= 0.6 is 0 Å². The molecule has 0 bridgehead atoms. The first-order chi connectivity index (χ1) is 8.16. The number of aromatic nitrogens is 2. The Labute approximate surface area is 101 Å². The average Bonchev–Trinajstić information content (AvgIpc) is 2.64. The van der Waals surface area contributed by atoms with Crippen molar-refractivity contribution in [3.8, 4) is 0 Å². The summed E-state index contributed by atoms with van der Waals surface area (Å²) in [6.45, 7) is 4.66. The van der Waals surface area contributed by atoms with Crippen molar-refractivity contribution in [2.45, 2.75) is 6.92 Å². The standard InChI is InChI=1S/C11H20N4O2/c1-9-10(8-14-15(9)2)11(16)13-5-4-12-6-7-17-3/h8,12H,4-7H2,1-3H3,(H,13,16). The second kappa shape index (κ2) is 7.03. The molecule has 0 aromatic carbocycles. The Morgan fingerprint density at radius 2 is 2.24 bits per heavy atom. The number of nitrogens with one attached hydrogen (secondary N) is 2. The predicted octanol–water partition coefficient (Wildman–Crippen LogP) is -0.306. The predicted molar refractivity (Wildman–Crippen MR) is 65.0 cm³/mol. The molecule has 96 valence electrons. The van der Waals surface area contributed by atoms with Crippen LogP contribution < -0.4 is 10.6 Å². The van der Waals surface area contributed by atoms with Crippen LogP contribution in [0.3, 0.4) is 0 Å². The monoisotopic (exact) mass is 240 g/mol. The molecule has 1 amide bonds. The molecule has 0 spiro atoms. The molecule has 0 fully saturated rings. The van der Waals surface area contributed by atoms with E-state index in [1.807, 2.05) is 14.0 Å². The van der Waals surface area contributed by atoms with E-state index < -0.39 is 0 Å². The van der Waals surface area contributed by atoms with Crippen LogP contribution in [0.2, 0.25) is 0 Å². The van der Waals surface area contributed by atoms with Gasteiger partial charge in [0.25, 0.3) is 5.91 Å². The minimum Gasteiger partial charge on any atom is -0.383 e. The third-order valence-electron chi connectivity index (χ3n) is 2.55. The van der Waals surface area contributed by atoms with E-state index in [-0.39, 0.29) is 5.91 Å². The second-order valence-electron chi connectivity index (χ2n) is 3.77. The lowest BCUT2D eigenvalue weighted by atomic mass is 10.2. The first-order valence-corrected chi connectivity index (χ1v) is 5.63.